The fourth-order valence-corrected chi connectivity index (χ4v) is 1.63. The van der Waals surface area contributed by atoms with Gasteiger partial charge in [0.1, 0.15) is 17.1 Å². The quantitative estimate of drug-likeness (QED) is 0.662. The third-order valence-corrected chi connectivity index (χ3v) is 2.16. The summed E-state index contributed by atoms with van der Waals surface area (Å²) in [6.45, 7) is 3.99. The highest BCUT2D eigenvalue weighted by atomic mass is 16.5. The smallest absolute Gasteiger partial charge is 0.127 e. The number of benzene rings is 1. The van der Waals surface area contributed by atoms with Crippen LogP contribution >= 0.6 is 0 Å². The molecule has 0 fully saturated rings. The zero-order valence-electron chi connectivity index (χ0n) is 10.8. The van der Waals surface area contributed by atoms with Crippen molar-refractivity contribution in [3.8, 4) is 11.5 Å². The van der Waals surface area contributed by atoms with Crippen LogP contribution in [0.2, 0.25) is 0 Å². The summed E-state index contributed by atoms with van der Waals surface area (Å²) in [5.41, 5.74) is 0.865. The minimum absolute atomic E-state index is 0.221. The van der Waals surface area contributed by atoms with Crippen LogP contribution in [-0.4, -0.2) is 12.6 Å². The molecule has 2 heteroatoms. The molecule has 0 bridgehead atoms. The van der Waals surface area contributed by atoms with Gasteiger partial charge in [-0.2, -0.15) is 0 Å². The van der Waals surface area contributed by atoms with Crippen molar-refractivity contribution in [1.29, 1.82) is 0 Å². The van der Waals surface area contributed by atoms with Crippen LogP contribution in [-0.2, 0) is 6.42 Å². The summed E-state index contributed by atoms with van der Waals surface area (Å²) < 4.78 is 31.5. The summed E-state index contributed by atoms with van der Waals surface area (Å²) in [6, 6.07) is 5.15. The molecule has 0 saturated heterocycles. The Hall–Kier alpha value is -1.18. The topological polar surface area (TPSA) is 18.5 Å². The fourth-order valence-electron chi connectivity index (χ4n) is 1.63. The van der Waals surface area contributed by atoms with Crippen LogP contribution in [0.1, 0.15) is 23.5 Å². The third-order valence-electron chi connectivity index (χ3n) is 2.16. The highest BCUT2D eigenvalue weighted by molar-refractivity contribution is 5.44. The predicted octanol–water partition coefficient (Wildman–Crippen LogP) is 2.41. The zero-order valence-corrected chi connectivity index (χ0v) is 7.76. The minimum Gasteiger partial charge on any atom is -0.497 e. The molecule has 1 aromatic carbocycles. The minimum atomic E-state index is -2.41. The second-order valence-corrected chi connectivity index (χ2v) is 3.91. The molecule has 1 aromatic rings. The molecular weight excluding hydrogens is 164 g/mol. The molecule has 0 aromatic heterocycles. The van der Waals surface area contributed by atoms with Gasteiger partial charge in [0, 0.05) is 12.5 Å². The first-order valence-corrected chi connectivity index (χ1v) is 4.26. The molecule has 13 heavy (non-hydrogen) atoms. The number of fused-ring (bicyclic) bond motifs is 1. The first kappa shape index (κ1) is 5.53. The van der Waals surface area contributed by atoms with Crippen LogP contribution < -0.4 is 9.47 Å². The van der Waals surface area contributed by atoms with E-state index < -0.39 is 7.04 Å². The van der Waals surface area contributed by atoms with E-state index in [1.165, 1.54) is 0 Å². The van der Waals surface area contributed by atoms with Crippen molar-refractivity contribution >= 4 is 0 Å². The molecule has 2 nitrogen and oxygen atoms in total. The molecule has 1 aliphatic rings. The van der Waals surface area contributed by atoms with Crippen molar-refractivity contribution in [2.45, 2.75) is 25.9 Å². The summed E-state index contributed by atoms with van der Waals surface area (Å²) in [6.07, 6.45) is 0.830. The molecule has 0 amide bonds. The summed E-state index contributed by atoms with van der Waals surface area (Å²) in [4.78, 5) is 0. The first-order valence-electron chi connectivity index (χ1n) is 5.76. The Morgan fingerprint density at radius 2 is 2.38 bits per heavy atom. The van der Waals surface area contributed by atoms with Gasteiger partial charge in [0.2, 0.25) is 0 Å². The largest absolute Gasteiger partial charge is 0.497 e. The third kappa shape index (κ3) is 1.48. The molecule has 0 atom stereocenters. The standard InChI is InChI=1S/C11H14O2/c1-11(2)7-8-4-5-9(12-3)6-10(8)13-11/h4-6H,7H2,1-3H3/i3D3. The average molecular weight is 181 g/mol. The number of ether oxygens (including phenoxy) is 2. The molecule has 0 N–H and O–H groups in total. The molecule has 0 radical (unpaired) electrons. The van der Waals surface area contributed by atoms with E-state index in [0.29, 0.717) is 11.5 Å². The van der Waals surface area contributed by atoms with Crippen LogP contribution in [0.3, 0.4) is 0 Å². The van der Waals surface area contributed by atoms with Crippen molar-refractivity contribution in [3.63, 3.8) is 0 Å². The van der Waals surface area contributed by atoms with Gasteiger partial charge in [-0.05, 0) is 25.5 Å². The van der Waals surface area contributed by atoms with Gasteiger partial charge in [-0.3, -0.25) is 0 Å². The highest BCUT2D eigenvalue weighted by Gasteiger charge is 2.29. The molecule has 0 spiro atoms. The van der Waals surface area contributed by atoms with Crippen molar-refractivity contribution in [1.82, 2.24) is 0 Å². The van der Waals surface area contributed by atoms with Crippen molar-refractivity contribution in [2.24, 2.45) is 0 Å². The maximum absolute atomic E-state index is 7.01. The number of rotatable bonds is 1. The fraction of sp³-hybridized carbons (Fsp3) is 0.455. The first-order chi connectivity index (χ1) is 7.25. The van der Waals surface area contributed by atoms with E-state index in [-0.39, 0.29) is 5.60 Å². The van der Waals surface area contributed by atoms with Crippen LogP contribution in [0.4, 0.5) is 0 Å². The lowest BCUT2D eigenvalue weighted by atomic mass is 10.0. The lowest BCUT2D eigenvalue weighted by Gasteiger charge is -2.16. The Morgan fingerprint density at radius 3 is 3.15 bits per heavy atom. The molecule has 0 unspecified atom stereocenters. The molecule has 0 saturated carbocycles. The average Bonchev–Trinajstić information content (AvgIpc) is 2.34. The lowest BCUT2D eigenvalue weighted by molar-refractivity contribution is 0.138. The Morgan fingerprint density at radius 1 is 1.54 bits per heavy atom. The van der Waals surface area contributed by atoms with Gasteiger partial charge < -0.3 is 9.47 Å². The SMILES string of the molecule is [2H]C([2H])([2H])Oc1ccc2c(c1)OC(C)(C)C2. The summed E-state index contributed by atoms with van der Waals surface area (Å²) in [7, 11) is -2.41. The van der Waals surface area contributed by atoms with Gasteiger partial charge in [0.05, 0.1) is 11.2 Å². The van der Waals surface area contributed by atoms with Crippen LogP contribution in [0, 0.1) is 0 Å². The number of methoxy groups -OCH3 is 1. The van der Waals surface area contributed by atoms with Gasteiger partial charge in [0.25, 0.3) is 0 Å². The molecule has 0 aliphatic carbocycles. The Kier molecular flexibility index (Phi) is 1.13. The van der Waals surface area contributed by atoms with Crippen molar-refractivity contribution in [3.05, 3.63) is 23.8 Å². The van der Waals surface area contributed by atoms with Gasteiger partial charge in [-0.15, -0.1) is 0 Å². The van der Waals surface area contributed by atoms with Crippen LogP contribution in [0.5, 0.6) is 11.5 Å². The van der Waals surface area contributed by atoms with E-state index in [1.807, 2.05) is 19.9 Å². The van der Waals surface area contributed by atoms with E-state index in [2.05, 4.69) is 0 Å². The van der Waals surface area contributed by atoms with Crippen LogP contribution in [0.25, 0.3) is 0 Å². The molecule has 1 heterocycles. The van der Waals surface area contributed by atoms with Gasteiger partial charge in [0.15, 0.2) is 0 Å². The second-order valence-electron chi connectivity index (χ2n) is 3.91. The number of hydrogen-bond acceptors (Lipinski definition) is 2. The lowest BCUT2D eigenvalue weighted by Crippen LogP contribution is -2.24. The molecule has 70 valence electrons. The molecular formula is C11H14O2. The van der Waals surface area contributed by atoms with E-state index in [0.717, 1.165) is 12.0 Å². The maximum atomic E-state index is 7.01. The molecule has 1 aliphatic heterocycles. The molecule has 2 rings (SSSR count). The van der Waals surface area contributed by atoms with E-state index in [1.54, 1.807) is 12.1 Å². The summed E-state index contributed by atoms with van der Waals surface area (Å²) in [5, 5.41) is 0. The second kappa shape index (κ2) is 2.66. The van der Waals surface area contributed by atoms with E-state index >= 15 is 0 Å². The maximum Gasteiger partial charge on any atom is 0.127 e. The Balaban J connectivity index is 2.23. The summed E-state index contributed by atoms with van der Waals surface area (Å²) >= 11 is 0. The zero-order chi connectivity index (χ0) is 12.0. The predicted molar refractivity (Wildman–Crippen MR) is 51.4 cm³/mol. The normalized spacial score (nSPS) is 22.2. The van der Waals surface area contributed by atoms with Crippen LogP contribution in [0.15, 0.2) is 18.2 Å². The number of hydrogen-bond donors (Lipinski definition) is 0. The highest BCUT2D eigenvalue weighted by Crippen LogP contribution is 2.36. The van der Waals surface area contributed by atoms with E-state index in [9.17, 15) is 0 Å². The van der Waals surface area contributed by atoms with Gasteiger partial charge >= 0.3 is 0 Å². The Bertz CT molecular complexity index is 410. The summed E-state index contributed by atoms with van der Waals surface area (Å²) in [5.74, 6) is 1.03. The van der Waals surface area contributed by atoms with Gasteiger partial charge in [-0.25, -0.2) is 0 Å². The van der Waals surface area contributed by atoms with Crippen molar-refractivity contribution < 1.29 is 13.6 Å². The van der Waals surface area contributed by atoms with Gasteiger partial charge in [-0.1, -0.05) is 6.07 Å². The van der Waals surface area contributed by atoms with Crippen molar-refractivity contribution in [2.75, 3.05) is 7.04 Å². The monoisotopic (exact) mass is 181 g/mol. The van der Waals surface area contributed by atoms with E-state index in [4.69, 9.17) is 13.6 Å². The Labute approximate surface area is 82.7 Å².